The van der Waals surface area contributed by atoms with Crippen LogP contribution in [0.2, 0.25) is 0 Å². The Kier molecular flexibility index (Phi) is 3.14. The van der Waals surface area contributed by atoms with Gasteiger partial charge >= 0.3 is 5.97 Å². The third-order valence-corrected chi connectivity index (χ3v) is 2.46. The third kappa shape index (κ3) is 2.47. The van der Waals surface area contributed by atoms with Crippen LogP contribution in [0.25, 0.3) is 10.8 Å². The number of methoxy groups -OCH3 is 1. The average molecular weight is 229 g/mol. The van der Waals surface area contributed by atoms with Gasteiger partial charge in [0.1, 0.15) is 0 Å². The Hall–Kier alpha value is -2.23. The largest absolute Gasteiger partial charge is 0.469 e. The summed E-state index contributed by atoms with van der Waals surface area (Å²) in [6.45, 7) is 0. The average Bonchev–Trinajstić information content (AvgIpc) is 2.50. The molecule has 0 aliphatic carbocycles. The number of hydrogen-bond donors (Lipinski definition) is 0. The molecule has 0 fully saturated rings. The first-order chi connectivity index (χ1) is 8.20. The first-order valence-corrected chi connectivity index (χ1v) is 5.15. The second-order valence-electron chi connectivity index (χ2n) is 3.62. The zero-order chi connectivity index (χ0) is 12.3. The molecule has 2 aromatic rings. The molecule has 1 aromatic carbocycles. The predicted molar refractivity (Wildman–Crippen MR) is 63.7 cm³/mol. The van der Waals surface area contributed by atoms with Crippen molar-refractivity contribution in [2.45, 2.75) is 6.42 Å². The van der Waals surface area contributed by atoms with Gasteiger partial charge in [0.2, 0.25) is 0 Å². The summed E-state index contributed by atoms with van der Waals surface area (Å²) in [6.07, 6.45) is 1.53. The van der Waals surface area contributed by atoms with Crippen molar-refractivity contribution in [3.63, 3.8) is 0 Å². The molecule has 0 saturated carbocycles. The number of benzene rings is 1. The monoisotopic (exact) mass is 229 g/mol. The standard InChI is InChI=1S/C13H11NO3/c1-17-12(15)7-9-6-10-4-2-3-5-11(10)13(16)14-8-9/h2-6,8H,7H2,1H3. The van der Waals surface area contributed by atoms with Gasteiger partial charge in [-0.25, -0.2) is 4.98 Å². The fourth-order valence-corrected chi connectivity index (χ4v) is 1.60. The summed E-state index contributed by atoms with van der Waals surface area (Å²) in [7, 11) is 1.33. The Morgan fingerprint density at radius 1 is 1.35 bits per heavy atom. The van der Waals surface area contributed by atoms with Crippen LogP contribution in [0.1, 0.15) is 5.56 Å². The van der Waals surface area contributed by atoms with E-state index in [2.05, 4.69) is 9.72 Å². The highest BCUT2D eigenvalue weighted by Gasteiger charge is 2.04. The summed E-state index contributed by atoms with van der Waals surface area (Å²) >= 11 is 0. The smallest absolute Gasteiger partial charge is 0.310 e. The number of rotatable bonds is 2. The Morgan fingerprint density at radius 2 is 2.12 bits per heavy atom. The van der Waals surface area contributed by atoms with Gasteiger partial charge in [-0.15, -0.1) is 0 Å². The maximum absolute atomic E-state index is 11.7. The highest BCUT2D eigenvalue weighted by Crippen LogP contribution is 2.10. The quantitative estimate of drug-likeness (QED) is 0.728. The van der Waals surface area contributed by atoms with Gasteiger partial charge in [0, 0.05) is 11.6 Å². The Labute approximate surface area is 97.9 Å². The summed E-state index contributed by atoms with van der Waals surface area (Å²) < 4.78 is 4.58. The van der Waals surface area contributed by atoms with Crippen LogP contribution in [0.5, 0.6) is 0 Å². The fourth-order valence-electron chi connectivity index (χ4n) is 1.60. The fraction of sp³-hybridized carbons (Fsp3) is 0.154. The summed E-state index contributed by atoms with van der Waals surface area (Å²) in [4.78, 5) is 26.6. The lowest BCUT2D eigenvalue weighted by molar-refractivity contribution is -0.139. The molecular formula is C13H11NO3. The van der Waals surface area contributed by atoms with Crippen LogP contribution in [0.3, 0.4) is 0 Å². The second-order valence-corrected chi connectivity index (χ2v) is 3.62. The first-order valence-electron chi connectivity index (χ1n) is 5.15. The molecule has 2 rings (SSSR count). The number of esters is 1. The van der Waals surface area contributed by atoms with E-state index in [-0.39, 0.29) is 17.9 Å². The molecule has 0 N–H and O–H groups in total. The molecule has 17 heavy (non-hydrogen) atoms. The van der Waals surface area contributed by atoms with Crippen LogP contribution in [0.4, 0.5) is 0 Å². The number of nitrogens with zero attached hydrogens (tertiary/aromatic N) is 1. The topological polar surface area (TPSA) is 56.3 Å². The molecule has 1 aromatic heterocycles. The van der Waals surface area contributed by atoms with E-state index in [0.717, 1.165) is 5.39 Å². The second kappa shape index (κ2) is 4.74. The van der Waals surface area contributed by atoms with Gasteiger partial charge in [-0.05, 0) is 23.1 Å². The third-order valence-electron chi connectivity index (χ3n) is 2.46. The van der Waals surface area contributed by atoms with Crippen molar-refractivity contribution in [3.8, 4) is 0 Å². The number of carbonyl (C=O) groups excluding carboxylic acids is 1. The van der Waals surface area contributed by atoms with Crippen molar-refractivity contribution in [2.75, 3.05) is 7.11 Å². The molecule has 0 saturated heterocycles. The molecule has 0 unspecified atom stereocenters. The zero-order valence-electron chi connectivity index (χ0n) is 9.34. The van der Waals surface area contributed by atoms with Crippen molar-refractivity contribution < 1.29 is 9.53 Å². The normalized spacial score (nSPS) is 10.2. The number of ether oxygens (including phenoxy) is 1. The van der Waals surface area contributed by atoms with Gasteiger partial charge in [0.25, 0.3) is 5.56 Å². The van der Waals surface area contributed by atoms with Crippen molar-refractivity contribution >= 4 is 16.7 Å². The van der Waals surface area contributed by atoms with Crippen LogP contribution in [-0.4, -0.2) is 18.1 Å². The van der Waals surface area contributed by atoms with E-state index in [1.54, 1.807) is 18.2 Å². The molecule has 4 heteroatoms. The minimum atomic E-state index is -0.352. The highest BCUT2D eigenvalue weighted by molar-refractivity contribution is 5.82. The van der Waals surface area contributed by atoms with Crippen LogP contribution in [0.15, 0.2) is 41.3 Å². The lowest BCUT2D eigenvalue weighted by atomic mass is 10.1. The molecule has 4 nitrogen and oxygen atoms in total. The molecule has 0 aliphatic rings. The van der Waals surface area contributed by atoms with Crippen molar-refractivity contribution in [2.24, 2.45) is 0 Å². The SMILES string of the molecule is COC(=O)Cc1cnc(=O)c2ccccc2c1. The minimum absolute atomic E-state index is 0.113. The molecule has 0 atom stereocenters. The predicted octanol–water partition coefficient (Wildman–Crippen LogP) is 1.31. The lowest BCUT2D eigenvalue weighted by Crippen LogP contribution is -2.04. The molecule has 0 aliphatic heterocycles. The Bertz CT molecular complexity index is 622. The van der Waals surface area contributed by atoms with Gasteiger partial charge in [-0.1, -0.05) is 18.2 Å². The highest BCUT2D eigenvalue weighted by atomic mass is 16.5. The van der Waals surface area contributed by atoms with Crippen LogP contribution < -0.4 is 5.56 Å². The summed E-state index contributed by atoms with van der Waals surface area (Å²) in [5.74, 6) is -0.352. The van der Waals surface area contributed by atoms with E-state index < -0.39 is 0 Å². The van der Waals surface area contributed by atoms with Gasteiger partial charge < -0.3 is 4.74 Å². The van der Waals surface area contributed by atoms with E-state index in [4.69, 9.17) is 0 Å². The maximum Gasteiger partial charge on any atom is 0.310 e. The van der Waals surface area contributed by atoms with Crippen LogP contribution in [0, 0.1) is 0 Å². The molecule has 1 heterocycles. The van der Waals surface area contributed by atoms with Crippen molar-refractivity contribution in [3.05, 3.63) is 52.4 Å². The summed E-state index contributed by atoms with van der Waals surface area (Å²) in [5.41, 5.74) is 0.367. The van der Waals surface area contributed by atoms with Crippen molar-refractivity contribution in [1.29, 1.82) is 0 Å². The van der Waals surface area contributed by atoms with E-state index in [1.165, 1.54) is 13.3 Å². The van der Waals surface area contributed by atoms with Gasteiger partial charge in [0.15, 0.2) is 0 Å². The molecule has 0 spiro atoms. The minimum Gasteiger partial charge on any atom is -0.469 e. The van der Waals surface area contributed by atoms with E-state index in [0.29, 0.717) is 10.9 Å². The van der Waals surface area contributed by atoms with Gasteiger partial charge in [-0.3, -0.25) is 9.59 Å². The number of aromatic nitrogens is 1. The summed E-state index contributed by atoms with van der Waals surface area (Å²) in [6, 6.07) is 8.93. The molecule has 86 valence electrons. The lowest BCUT2D eigenvalue weighted by Gasteiger charge is -1.96. The van der Waals surface area contributed by atoms with Crippen molar-refractivity contribution in [1.82, 2.24) is 4.98 Å². The Balaban J connectivity index is 2.58. The zero-order valence-corrected chi connectivity index (χ0v) is 9.34. The summed E-state index contributed by atoms with van der Waals surface area (Å²) in [5, 5.41) is 1.32. The van der Waals surface area contributed by atoms with Crippen LogP contribution in [-0.2, 0) is 16.0 Å². The number of fused-ring (bicyclic) bond motifs is 1. The maximum atomic E-state index is 11.7. The number of hydrogen-bond acceptors (Lipinski definition) is 4. The molecular weight excluding hydrogens is 218 g/mol. The van der Waals surface area contributed by atoms with E-state index >= 15 is 0 Å². The van der Waals surface area contributed by atoms with Gasteiger partial charge in [-0.2, -0.15) is 0 Å². The van der Waals surface area contributed by atoms with E-state index in [9.17, 15) is 9.59 Å². The first kappa shape index (κ1) is 11.3. The van der Waals surface area contributed by atoms with Crippen LogP contribution >= 0.6 is 0 Å². The molecule has 0 amide bonds. The van der Waals surface area contributed by atoms with E-state index in [1.807, 2.05) is 12.1 Å². The number of carbonyl (C=O) groups is 1. The molecule has 0 bridgehead atoms. The molecule has 0 radical (unpaired) electrons. The van der Waals surface area contributed by atoms with Gasteiger partial charge in [0.05, 0.1) is 13.5 Å². The Morgan fingerprint density at radius 3 is 2.88 bits per heavy atom.